The number of hydrogen-bond donors (Lipinski definition) is 1. The molecule has 0 spiro atoms. The van der Waals surface area contributed by atoms with Gasteiger partial charge in [-0.15, -0.1) is 0 Å². The molecular formula is C17H29O3P. The summed E-state index contributed by atoms with van der Waals surface area (Å²) in [6.45, 7) is 14.8. The van der Waals surface area contributed by atoms with E-state index in [1.165, 1.54) is 0 Å². The number of phenols is 1. The predicted octanol–water partition coefficient (Wildman–Crippen LogP) is 5.00. The Morgan fingerprint density at radius 3 is 1.81 bits per heavy atom. The van der Waals surface area contributed by atoms with Crippen LogP contribution in [0.2, 0.25) is 0 Å². The van der Waals surface area contributed by atoms with Gasteiger partial charge >= 0.3 is 0 Å². The molecule has 1 N–H and O–H groups in total. The summed E-state index contributed by atoms with van der Waals surface area (Å²) in [5.74, 6) is 0.356. The van der Waals surface area contributed by atoms with E-state index in [2.05, 4.69) is 41.5 Å². The number of benzene rings is 1. The molecule has 0 aromatic heterocycles. The van der Waals surface area contributed by atoms with Crippen LogP contribution in [0, 0.1) is 0 Å². The summed E-state index contributed by atoms with van der Waals surface area (Å²) < 4.78 is 17.1. The van der Waals surface area contributed by atoms with Gasteiger partial charge in [0.05, 0.1) is 6.61 Å². The molecule has 0 fully saturated rings. The summed E-state index contributed by atoms with van der Waals surface area (Å²) in [5.41, 5.74) is 2.44. The summed E-state index contributed by atoms with van der Waals surface area (Å²) in [5, 5.41) is 10.6. The lowest BCUT2D eigenvalue weighted by molar-refractivity contribution is 0.349. The second-order valence-corrected chi connectivity index (χ2v) is 8.91. The summed E-state index contributed by atoms with van der Waals surface area (Å²) in [4.78, 5) is 0. The van der Waals surface area contributed by atoms with E-state index in [9.17, 15) is 9.67 Å². The van der Waals surface area contributed by atoms with E-state index < -0.39 is 8.03 Å². The monoisotopic (exact) mass is 312 g/mol. The van der Waals surface area contributed by atoms with Crippen molar-refractivity contribution in [2.24, 2.45) is 0 Å². The van der Waals surface area contributed by atoms with E-state index in [1.807, 2.05) is 19.1 Å². The Labute approximate surface area is 129 Å². The largest absolute Gasteiger partial charge is 0.507 e. The molecule has 0 aliphatic carbocycles. The van der Waals surface area contributed by atoms with Crippen molar-refractivity contribution in [3.63, 3.8) is 0 Å². The van der Waals surface area contributed by atoms with E-state index in [0.29, 0.717) is 18.5 Å². The second kappa shape index (κ2) is 6.54. The fraction of sp³-hybridized carbons (Fsp3) is 0.647. The number of rotatable bonds is 4. The summed E-state index contributed by atoms with van der Waals surface area (Å²) in [7, 11) is -2.06. The zero-order valence-electron chi connectivity index (χ0n) is 14.3. The third kappa shape index (κ3) is 4.86. The minimum atomic E-state index is -2.06. The van der Waals surface area contributed by atoms with Gasteiger partial charge in [-0.1, -0.05) is 53.7 Å². The van der Waals surface area contributed by atoms with Crippen LogP contribution in [0.25, 0.3) is 0 Å². The number of aromatic hydroxyl groups is 1. The first kappa shape index (κ1) is 18.3. The molecule has 0 bridgehead atoms. The Morgan fingerprint density at radius 2 is 1.48 bits per heavy atom. The van der Waals surface area contributed by atoms with Crippen LogP contribution in [0.5, 0.6) is 5.75 Å². The molecule has 4 heteroatoms. The van der Waals surface area contributed by atoms with Crippen LogP contribution in [0.3, 0.4) is 0 Å². The number of hydrogen-bond acceptors (Lipinski definition) is 3. The Bertz CT molecular complexity index is 487. The molecule has 1 unspecified atom stereocenters. The minimum Gasteiger partial charge on any atom is -0.507 e. The van der Waals surface area contributed by atoms with Crippen molar-refractivity contribution in [1.29, 1.82) is 0 Å². The second-order valence-electron chi connectivity index (χ2n) is 7.52. The Hall–Kier alpha value is -0.790. The highest BCUT2D eigenvalue weighted by Gasteiger charge is 2.26. The molecule has 0 heterocycles. The van der Waals surface area contributed by atoms with E-state index >= 15 is 0 Å². The van der Waals surface area contributed by atoms with Crippen molar-refractivity contribution in [2.45, 2.75) is 65.5 Å². The lowest BCUT2D eigenvalue weighted by atomic mass is 9.78. The summed E-state index contributed by atoms with van der Waals surface area (Å²) >= 11 is 0. The van der Waals surface area contributed by atoms with Crippen LogP contribution in [-0.4, -0.2) is 11.7 Å². The molecule has 0 saturated carbocycles. The topological polar surface area (TPSA) is 46.5 Å². The summed E-state index contributed by atoms with van der Waals surface area (Å²) in [6, 6.07) is 3.93. The van der Waals surface area contributed by atoms with Crippen molar-refractivity contribution in [1.82, 2.24) is 0 Å². The maximum atomic E-state index is 11.9. The first-order valence-corrected chi connectivity index (χ1v) is 9.01. The van der Waals surface area contributed by atoms with Crippen LogP contribution in [0.1, 0.15) is 65.2 Å². The van der Waals surface area contributed by atoms with Gasteiger partial charge in [0.1, 0.15) is 5.75 Å². The quantitative estimate of drug-likeness (QED) is 0.796. The van der Waals surface area contributed by atoms with E-state index in [0.717, 1.165) is 16.7 Å². The zero-order valence-corrected chi connectivity index (χ0v) is 15.3. The van der Waals surface area contributed by atoms with Gasteiger partial charge in [0.25, 0.3) is 0 Å². The van der Waals surface area contributed by atoms with Crippen molar-refractivity contribution in [3.8, 4) is 5.75 Å². The molecule has 0 aliphatic heterocycles. The summed E-state index contributed by atoms with van der Waals surface area (Å²) in [6.07, 6.45) is 0.422. The van der Waals surface area contributed by atoms with Gasteiger partial charge in [0.2, 0.25) is 0 Å². The molecule has 120 valence electrons. The maximum Gasteiger partial charge on any atom is 0.195 e. The highest BCUT2D eigenvalue weighted by atomic mass is 31.1. The average Bonchev–Trinajstić information content (AvgIpc) is 2.28. The molecule has 21 heavy (non-hydrogen) atoms. The van der Waals surface area contributed by atoms with Gasteiger partial charge < -0.3 is 9.63 Å². The molecule has 1 rings (SSSR count). The smallest absolute Gasteiger partial charge is 0.195 e. The van der Waals surface area contributed by atoms with E-state index in [-0.39, 0.29) is 10.8 Å². The van der Waals surface area contributed by atoms with Gasteiger partial charge in [0.15, 0.2) is 8.03 Å². The lowest BCUT2D eigenvalue weighted by Gasteiger charge is -2.28. The van der Waals surface area contributed by atoms with Crippen molar-refractivity contribution >= 4 is 8.03 Å². The van der Waals surface area contributed by atoms with Crippen molar-refractivity contribution in [2.75, 3.05) is 6.61 Å². The molecule has 0 aliphatic rings. The molecule has 0 amide bonds. The first-order valence-electron chi connectivity index (χ1n) is 7.49. The molecule has 1 atom stereocenters. The Kier molecular flexibility index (Phi) is 5.69. The Balaban J connectivity index is 3.37. The van der Waals surface area contributed by atoms with Crippen LogP contribution in [-0.2, 0) is 26.1 Å². The normalized spacial score (nSPS) is 14.2. The van der Waals surface area contributed by atoms with Gasteiger partial charge in [-0.2, -0.15) is 0 Å². The van der Waals surface area contributed by atoms with Gasteiger partial charge in [0, 0.05) is 6.16 Å². The third-order valence-electron chi connectivity index (χ3n) is 3.44. The van der Waals surface area contributed by atoms with Crippen LogP contribution >= 0.6 is 8.03 Å². The molecule has 3 nitrogen and oxygen atoms in total. The average molecular weight is 312 g/mol. The molecule has 0 radical (unpaired) electrons. The molecular weight excluding hydrogens is 283 g/mol. The van der Waals surface area contributed by atoms with Crippen LogP contribution in [0.15, 0.2) is 12.1 Å². The minimum absolute atomic E-state index is 0.165. The van der Waals surface area contributed by atoms with Gasteiger partial charge in [-0.05, 0) is 34.4 Å². The third-order valence-corrected chi connectivity index (χ3v) is 4.75. The number of phenolic OH excluding ortho intramolecular Hbond substituents is 1. The maximum absolute atomic E-state index is 11.9. The van der Waals surface area contributed by atoms with Gasteiger partial charge in [-0.3, -0.25) is 4.57 Å². The Morgan fingerprint density at radius 1 is 1.05 bits per heavy atom. The molecule has 1 aromatic rings. The van der Waals surface area contributed by atoms with Crippen molar-refractivity contribution < 1.29 is 14.2 Å². The first-order chi connectivity index (χ1) is 9.46. The lowest BCUT2D eigenvalue weighted by Crippen LogP contribution is -2.17. The standard InChI is InChI=1S/C17H29O3P/c1-8-20-21(19)11-12-9-13(16(2,3)4)15(18)14(10-12)17(5,6)7/h9-10,18,21H,8,11H2,1-7H3. The van der Waals surface area contributed by atoms with E-state index in [1.54, 1.807) is 0 Å². The highest BCUT2D eigenvalue weighted by Crippen LogP contribution is 2.41. The SMILES string of the molecule is CCO[PH](=O)Cc1cc(C(C)(C)C)c(O)c(C(C)(C)C)c1. The predicted molar refractivity (Wildman–Crippen MR) is 89.8 cm³/mol. The zero-order chi connectivity index (χ0) is 16.4. The molecule has 0 saturated heterocycles. The fourth-order valence-corrected chi connectivity index (χ4v) is 3.28. The van der Waals surface area contributed by atoms with Crippen LogP contribution in [0.4, 0.5) is 0 Å². The molecule has 1 aromatic carbocycles. The fourth-order valence-electron chi connectivity index (χ4n) is 2.32. The van der Waals surface area contributed by atoms with Crippen LogP contribution < -0.4 is 0 Å². The van der Waals surface area contributed by atoms with Crippen molar-refractivity contribution in [3.05, 3.63) is 28.8 Å². The van der Waals surface area contributed by atoms with E-state index in [4.69, 9.17) is 4.52 Å². The van der Waals surface area contributed by atoms with Gasteiger partial charge in [-0.25, -0.2) is 0 Å². The highest BCUT2D eigenvalue weighted by molar-refractivity contribution is 7.38.